The summed E-state index contributed by atoms with van der Waals surface area (Å²) in [4.78, 5) is 27.1. The number of hydrogen-bond acceptors (Lipinski definition) is 2. The summed E-state index contributed by atoms with van der Waals surface area (Å²) in [6, 6.07) is 0.00254. The molecule has 1 heterocycles. The minimum absolute atomic E-state index is 0.00254. The third-order valence-electron chi connectivity index (χ3n) is 4.38. The predicted octanol–water partition coefficient (Wildman–Crippen LogP) is 3.05. The summed E-state index contributed by atoms with van der Waals surface area (Å²) in [5, 5.41) is 9.01. The van der Waals surface area contributed by atoms with Crippen LogP contribution in [0.15, 0.2) is 0 Å². The minimum atomic E-state index is -0.847. The largest absolute Gasteiger partial charge is 0.481 e. The van der Waals surface area contributed by atoms with Gasteiger partial charge in [0.25, 0.3) is 0 Å². The first-order chi connectivity index (χ1) is 9.99. The molecule has 1 aliphatic rings. The highest BCUT2D eigenvalue weighted by Gasteiger charge is 2.25. The van der Waals surface area contributed by atoms with Crippen LogP contribution in [-0.4, -0.2) is 53.1 Å². The third kappa shape index (κ3) is 5.56. The van der Waals surface area contributed by atoms with Gasteiger partial charge in [-0.2, -0.15) is 0 Å². The zero-order valence-corrected chi connectivity index (χ0v) is 13.7. The number of carboxylic acids is 1. The van der Waals surface area contributed by atoms with Crippen LogP contribution in [0.2, 0.25) is 0 Å². The van der Waals surface area contributed by atoms with E-state index in [-0.39, 0.29) is 6.03 Å². The first-order valence-electron chi connectivity index (χ1n) is 8.26. The Hall–Kier alpha value is -1.26. The van der Waals surface area contributed by atoms with Crippen molar-refractivity contribution >= 4 is 12.0 Å². The van der Waals surface area contributed by atoms with Gasteiger partial charge in [-0.1, -0.05) is 26.7 Å². The van der Waals surface area contributed by atoms with Crippen molar-refractivity contribution in [2.45, 2.75) is 52.9 Å². The maximum absolute atomic E-state index is 12.6. The number of carbonyl (C=O) groups is 2. The van der Waals surface area contributed by atoms with Gasteiger partial charge in [-0.05, 0) is 32.1 Å². The van der Waals surface area contributed by atoms with Crippen molar-refractivity contribution in [2.24, 2.45) is 11.8 Å². The first-order valence-corrected chi connectivity index (χ1v) is 8.26. The molecule has 5 nitrogen and oxygen atoms in total. The van der Waals surface area contributed by atoms with Crippen LogP contribution >= 0.6 is 0 Å². The standard InChI is InChI=1S/C16H30N2O3/c1-4-7-14-8-6-10-18(11-9-14)16(21)17(5-2)12-13(3)15(19)20/h13-14H,4-12H2,1-3H3,(H,19,20). The van der Waals surface area contributed by atoms with Crippen molar-refractivity contribution in [1.82, 2.24) is 9.80 Å². The number of amides is 2. The Morgan fingerprint density at radius 2 is 2.00 bits per heavy atom. The van der Waals surface area contributed by atoms with E-state index in [0.717, 1.165) is 31.8 Å². The molecule has 1 aliphatic heterocycles. The fourth-order valence-electron chi connectivity index (χ4n) is 3.00. The number of aliphatic carboxylic acids is 1. The molecular weight excluding hydrogens is 268 g/mol. The molecule has 0 aromatic carbocycles. The number of nitrogens with zero attached hydrogens (tertiary/aromatic N) is 2. The van der Waals surface area contributed by atoms with Crippen LogP contribution in [0.4, 0.5) is 4.79 Å². The number of rotatable bonds is 6. The van der Waals surface area contributed by atoms with Gasteiger partial charge >= 0.3 is 12.0 Å². The van der Waals surface area contributed by atoms with E-state index in [2.05, 4.69) is 6.92 Å². The Morgan fingerprint density at radius 3 is 2.57 bits per heavy atom. The summed E-state index contributed by atoms with van der Waals surface area (Å²) in [5.74, 6) is -0.630. The lowest BCUT2D eigenvalue weighted by molar-refractivity contribution is -0.141. The van der Waals surface area contributed by atoms with Crippen molar-refractivity contribution in [3.05, 3.63) is 0 Å². The number of carbonyl (C=O) groups excluding carboxylic acids is 1. The van der Waals surface area contributed by atoms with Crippen LogP contribution in [0.1, 0.15) is 52.9 Å². The smallest absolute Gasteiger partial charge is 0.320 e. The quantitative estimate of drug-likeness (QED) is 0.820. The van der Waals surface area contributed by atoms with Crippen molar-refractivity contribution in [2.75, 3.05) is 26.2 Å². The summed E-state index contributed by atoms with van der Waals surface area (Å²) in [6.07, 6.45) is 5.79. The van der Waals surface area contributed by atoms with Gasteiger partial charge in [-0.15, -0.1) is 0 Å². The van der Waals surface area contributed by atoms with Crippen molar-refractivity contribution < 1.29 is 14.7 Å². The second-order valence-electron chi connectivity index (χ2n) is 6.13. The zero-order valence-electron chi connectivity index (χ0n) is 13.7. The second kappa shape index (κ2) is 8.90. The highest BCUT2D eigenvalue weighted by molar-refractivity contribution is 5.76. The van der Waals surface area contributed by atoms with E-state index >= 15 is 0 Å². The molecule has 2 unspecified atom stereocenters. The first kappa shape index (κ1) is 17.8. The van der Waals surface area contributed by atoms with Crippen LogP contribution in [0.3, 0.4) is 0 Å². The Balaban J connectivity index is 2.57. The maximum Gasteiger partial charge on any atom is 0.320 e. The van der Waals surface area contributed by atoms with E-state index in [1.54, 1.807) is 11.8 Å². The minimum Gasteiger partial charge on any atom is -0.481 e. The average molecular weight is 298 g/mol. The molecule has 0 aromatic rings. The molecule has 0 spiro atoms. The lowest BCUT2D eigenvalue weighted by Gasteiger charge is -2.30. The van der Waals surface area contributed by atoms with Crippen molar-refractivity contribution in [1.29, 1.82) is 0 Å². The summed E-state index contributed by atoms with van der Waals surface area (Å²) in [5.41, 5.74) is 0. The van der Waals surface area contributed by atoms with Crippen LogP contribution in [0.25, 0.3) is 0 Å². The number of urea groups is 1. The van der Waals surface area contributed by atoms with Gasteiger partial charge in [0.05, 0.1) is 5.92 Å². The summed E-state index contributed by atoms with van der Waals surface area (Å²) in [6.45, 7) is 8.23. The molecule has 1 rings (SSSR count). The Labute approximate surface area is 128 Å². The van der Waals surface area contributed by atoms with Gasteiger partial charge in [-0.25, -0.2) is 4.79 Å². The van der Waals surface area contributed by atoms with Crippen molar-refractivity contribution in [3.8, 4) is 0 Å². The second-order valence-corrected chi connectivity index (χ2v) is 6.13. The third-order valence-corrected chi connectivity index (χ3v) is 4.38. The molecule has 2 amide bonds. The van der Waals surface area contributed by atoms with E-state index in [9.17, 15) is 9.59 Å². The van der Waals surface area contributed by atoms with E-state index in [0.29, 0.717) is 13.1 Å². The van der Waals surface area contributed by atoms with E-state index in [1.165, 1.54) is 19.3 Å². The summed E-state index contributed by atoms with van der Waals surface area (Å²) >= 11 is 0. The Bertz CT molecular complexity index is 346. The summed E-state index contributed by atoms with van der Waals surface area (Å²) in [7, 11) is 0. The van der Waals surface area contributed by atoms with Gasteiger partial charge in [0.2, 0.25) is 0 Å². The monoisotopic (exact) mass is 298 g/mol. The molecule has 122 valence electrons. The van der Waals surface area contributed by atoms with Crippen LogP contribution in [0, 0.1) is 11.8 Å². The van der Waals surface area contributed by atoms with Gasteiger partial charge in [0, 0.05) is 26.2 Å². The highest BCUT2D eigenvalue weighted by atomic mass is 16.4. The fourth-order valence-corrected chi connectivity index (χ4v) is 3.00. The lowest BCUT2D eigenvalue weighted by atomic mass is 9.96. The van der Waals surface area contributed by atoms with Crippen LogP contribution in [0.5, 0.6) is 0 Å². The van der Waals surface area contributed by atoms with Crippen LogP contribution < -0.4 is 0 Å². The molecule has 0 radical (unpaired) electrons. The molecule has 0 aliphatic carbocycles. The SMILES string of the molecule is CCCC1CCCN(C(=O)N(CC)CC(C)C(=O)O)CC1. The van der Waals surface area contributed by atoms with Crippen LogP contribution in [-0.2, 0) is 4.79 Å². The number of likely N-dealkylation sites (tertiary alicyclic amines) is 1. The molecule has 21 heavy (non-hydrogen) atoms. The Kier molecular flexibility index (Phi) is 7.54. The fraction of sp³-hybridized carbons (Fsp3) is 0.875. The van der Waals surface area contributed by atoms with Gasteiger partial charge in [-0.3, -0.25) is 4.79 Å². The Morgan fingerprint density at radius 1 is 1.29 bits per heavy atom. The number of carboxylic acid groups (broad SMARTS) is 1. The van der Waals surface area contributed by atoms with Gasteiger partial charge < -0.3 is 14.9 Å². The molecule has 0 saturated carbocycles. The molecule has 1 saturated heterocycles. The molecular formula is C16H30N2O3. The molecule has 5 heteroatoms. The molecule has 1 fully saturated rings. The average Bonchev–Trinajstić information content (AvgIpc) is 2.69. The molecule has 2 atom stereocenters. The normalized spacial score (nSPS) is 20.7. The molecule has 1 N–H and O–H groups in total. The topological polar surface area (TPSA) is 60.9 Å². The zero-order chi connectivity index (χ0) is 15.8. The van der Waals surface area contributed by atoms with Gasteiger partial charge in [0.15, 0.2) is 0 Å². The molecule has 0 aromatic heterocycles. The van der Waals surface area contributed by atoms with Gasteiger partial charge in [0.1, 0.15) is 0 Å². The van der Waals surface area contributed by atoms with E-state index in [4.69, 9.17) is 5.11 Å². The van der Waals surface area contributed by atoms with E-state index < -0.39 is 11.9 Å². The summed E-state index contributed by atoms with van der Waals surface area (Å²) < 4.78 is 0. The van der Waals surface area contributed by atoms with Crippen molar-refractivity contribution in [3.63, 3.8) is 0 Å². The highest BCUT2D eigenvalue weighted by Crippen LogP contribution is 2.22. The predicted molar refractivity (Wildman–Crippen MR) is 83.3 cm³/mol. The number of hydrogen-bond donors (Lipinski definition) is 1. The lowest BCUT2D eigenvalue weighted by Crippen LogP contribution is -2.46. The molecule has 0 bridgehead atoms. The van der Waals surface area contributed by atoms with E-state index in [1.807, 2.05) is 11.8 Å². The maximum atomic E-state index is 12.6.